The number of carbonyl (C=O) groups is 2. The molecule has 2 amide bonds. The van der Waals surface area contributed by atoms with Gasteiger partial charge in [0, 0.05) is 23.1 Å². The maximum atomic E-state index is 12.1. The Morgan fingerprint density at radius 3 is 2.75 bits per heavy atom. The molecule has 7 heteroatoms. The van der Waals surface area contributed by atoms with Gasteiger partial charge in [0.1, 0.15) is 0 Å². The van der Waals surface area contributed by atoms with E-state index in [1.54, 1.807) is 53.2 Å². The van der Waals surface area contributed by atoms with Crippen molar-refractivity contribution in [1.82, 2.24) is 15.1 Å². The monoisotopic (exact) mass is 374 g/mol. The number of rotatable bonds is 6. The number of aryl methyl sites for hydroxylation is 1. The van der Waals surface area contributed by atoms with Crippen molar-refractivity contribution in [3.8, 4) is 12.3 Å². The summed E-state index contributed by atoms with van der Waals surface area (Å²) in [5.41, 5.74) is 1.72. The first-order chi connectivity index (χ1) is 13.6. The van der Waals surface area contributed by atoms with Crippen molar-refractivity contribution in [3.63, 3.8) is 0 Å². The summed E-state index contributed by atoms with van der Waals surface area (Å²) >= 11 is 0. The highest BCUT2D eigenvalue weighted by Gasteiger charge is 2.08. The molecule has 0 spiro atoms. The molecule has 0 saturated carbocycles. The van der Waals surface area contributed by atoms with Crippen LogP contribution in [0.3, 0.4) is 0 Å². The Bertz CT molecular complexity index is 1130. The third kappa shape index (κ3) is 4.62. The summed E-state index contributed by atoms with van der Waals surface area (Å²) in [6.07, 6.45) is 6.69. The van der Waals surface area contributed by atoms with Gasteiger partial charge in [-0.25, -0.2) is 0 Å². The Hall–Kier alpha value is -3.92. The molecule has 0 saturated heterocycles. The SMILES string of the molecule is C#Cc1cccc(NC(=O)CNC(=O)CCn2ncc(=O)c3ccccc32)c1. The molecule has 140 valence electrons. The second-order valence-electron chi connectivity index (χ2n) is 6.05. The summed E-state index contributed by atoms with van der Waals surface area (Å²) in [5, 5.41) is 9.86. The van der Waals surface area contributed by atoms with Crippen LogP contribution in [0.1, 0.15) is 12.0 Å². The number of anilines is 1. The van der Waals surface area contributed by atoms with E-state index < -0.39 is 0 Å². The standard InChI is InChI=1S/C21H18N4O3/c1-2-15-6-5-7-16(12-15)24-21(28)14-22-20(27)10-11-25-18-9-4-3-8-17(18)19(26)13-23-25/h1,3-9,12-13H,10-11,14H2,(H,22,27)(H,24,28). The predicted molar refractivity (Wildman–Crippen MR) is 107 cm³/mol. The van der Waals surface area contributed by atoms with Crippen LogP contribution in [0.5, 0.6) is 0 Å². The van der Waals surface area contributed by atoms with Crippen LogP contribution in [-0.2, 0) is 16.1 Å². The first-order valence-corrected chi connectivity index (χ1v) is 8.65. The zero-order valence-electron chi connectivity index (χ0n) is 15.0. The molecule has 28 heavy (non-hydrogen) atoms. The molecule has 3 rings (SSSR count). The largest absolute Gasteiger partial charge is 0.347 e. The summed E-state index contributed by atoms with van der Waals surface area (Å²) in [7, 11) is 0. The topological polar surface area (TPSA) is 93.1 Å². The highest BCUT2D eigenvalue weighted by Crippen LogP contribution is 2.10. The van der Waals surface area contributed by atoms with Crippen LogP contribution in [0.2, 0.25) is 0 Å². The first kappa shape index (κ1) is 18.9. The Balaban J connectivity index is 1.52. The fourth-order valence-electron chi connectivity index (χ4n) is 2.71. The van der Waals surface area contributed by atoms with Crippen LogP contribution in [0.25, 0.3) is 10.9 Å². The van der Waals surface area contributed by atoms with Gasteiger partial charge in [-0.2, -0.15) is 5.10 Å². The van der Waals surface area contributed by atoms with Gasteiger partial charge < -0.3 is 10.6 Å². The molecule has 0 fully saturated rings. The lowest BCUT2D eigenvalue weighted by atomic mass is 10.2. The smallest absolute Gasteiger partial charge is 0.243 e. The maximum absolute atomic E-state index is 12.1. The maximum Gasteiger partial charge on any atom is 0.243 e. The molecule has 0 aliphatic heterocycles. The quantitative estimate of drug-likeness (QED) is 0.640. The molecule has 2 N–H and O–H groups in total. The van der Waals surface area contributed by atoms with E-state index >= 15 is 0 Å². The minimum Gasteiger partial charge on any atom is -0.347 e. The normalized spacial score (nSPS) is 10.2. The molecular weight excluding hydrogens is 356 g/mol. The van der Waals surface area contributed by atoms with Crippen LogP contribution in [0.4, 0.5) is 5.69 Å². The number of benzene rings is 2. The van der Waals surface area contributed by atoms with Gasteiger partial charge in [-0.05, 0) is 30.3 Å². The zero-order valence-corrected chi connectivity index (χ0v) is 15.0. The highest BCUT2D eigenvalue weighted by atomic mass is 16.2. The van der Waals surface area contributed by atoms with Gasteiger partial charge in [0.2, 0.25) is 17.2 Å². The average molecular weight is 374 g/mol. The number of terminal acetylenes is 1. The lowest BCUT2D eigenvalue weighted by Crippen LogP contribution is -2.33. The van der Waals surface area contributed by atoms with Gasteiger partial charge in [-0.3, -0.25) is 19.1 Å². The van der Waals surface area contributed by atoms with E-state index in [1.807, 2.05) is 0 Å². The minimum atomic E-state index is -0.352. The minimum absolute atomic E-state index is 0.125. The lowest BCUT2D eigenvalue weighted by Gasteiger charge is -2.10. The number of aromatic nitrogens is 2. The van der Waals surface area contributed by atoms with E-state index in [0.29, 0.717) is 28.7 Å². The fraction of sp³-hybridized carbons (Fsp3) is 0.143. The summed E-state index contributed by atoms with van der Waals surface area (Å²) in [6.45, 7) is 0.135. The molecule has 0 radical (unpaired) electrons. The second-order valence-corrected chi connectivity index (χ2v) is 6.05. The molecule has 0 bridgehead atoms. The number of nitrogens with zero attached hydrogens (tertiary/aromatic N) is 2. The van der Waals surface area contributed by atoms with E-state index in [4.69, 9.17) is 6.42 Å². The van der Waals surface area contributed by atoms with Crippen molar-refractivity contribution in [2.24, 2.45) is 0 Å². The van der Waals surface area contributed by atoms with Gasteiger partial charge >= 0.3 is 0 Å². The molecule has 1 aromatic heterocycles. The van der Waals surface area contributed by atoms with Crippen molar-refractivity contribution in [1.29, 1.82) is 0 Å². The molecule has 3 aromatic rings. The van der Waals surface area contributed by atoms with E-state index in [0.717, 1.165) is 0 Å². The average Bonchev–Trinajstić information content (AvgIpc) is 2.72. The van der Waals surface area contributed by atoms with Crippen molar-refractivity contribution < 1.29 is 9.59 Å². The van der Waals surface area contributed by atoms with Crippen LogP contribution in [0, 0.1) is 12.3 Å². The Morgan fingerprint density at radius 1 is 1.11 bits per heavy atom. The van der Waals surface area contributed by atoms with Crippen LogP contribution in [-0.4, -0.2) is 28.1 Å². The van der Waals surface area contributed by atoms with Crippen molar-refractivity contribution >= 4 is 28.4 Å². The number of hydrogen-bond acceptors (Lipinski definition) is 4. The van der Waals surface area contributed by atoms with Crippen LogP contribution < -0.4 is 16.1 Å². The molecule has 0 aliphatic rings. The Labute approximate surface area is 161 Å². The Morgan fingerprint density at radius 2 is 1.93 bits per heavy atom. The number of nitrogens with one attached hydrogen (secondary N) is 2. The number of para-hydroxylation sites is 1. The van der Waals surface area contributed by atoms with Crippen molar-refractivity contribution in [2.75, 3.05) is 11.9 Å². The number of carbonyl (C=O) groups excluding carboxylic acids is 2. The zero-order chi connectivity index (χ0) is 19.9. The summed E-state index contributed by atoms with van der Waals surface area (Å²) in [5.74, 6) is 1.84. The summed E-state index contributed by atoms with van der Waals surface area (Å²) in [6, 6.07) is 14.0. The molecular formula is C21H18N4O3. The number of hydrogen-bond donors (Lipinski definition) is 2. The fourth-order valence-corrected chi connectivity index (χ4v) is 2.71. The highest BCUT2D eigenvalue weighted by molar-refractivity contribution is 5.94. The van der Waals surface area contributed by atoms with E-state index in [1.165, 1.54) is 6.20 Å². The summed E-state index contributed by atoms with van der Waals surface area (Å²) in [4.78, 5) is 35.9. The van der Waals surface area contributed by atoms with E-state index in [9.17, 15) is 14.4 Å². The number of fused-ring (bicyclic) bond motifs is 1. The van der Waals surface area contributed by atoms with Gasteiger partial charge in [0.15, 0.2) is 0 Å². The predicted octanol–water partition coefficient (Wildman–Crippen LogP) is 1.52. The van der Waals surface area contributed by atoms with Gasteiger partial charge in [-0.15, -0.1) is 6.42 Å². The van der Waals surface area contributed by atoms with E-state index in [-0.39, 0.29) is 30.2 Å². The van der Waals surface area contributed by atoms with Crippen LogP contribution >= 0.6 is 0 Å². The first-order valence-electron chi connectivity index (χ1n) is 8.65. The molecule has 0 unspecified atom stereocenters. The van der Waals surface area contributed by atoms with Gasteiger partial charge in [0.05, 0.1) is 24.8 Å². The van der Waals surface area contributed by atoms with Gasteiger partial charge in [-0.1, -0.05) is 24.1 Å². The lowest BCUT2D eigenvalue weighted by molar-refractivity contribution is -0.124. The molecule has 7 nitrogen and oxygen atoms in total. The molecule has 0 atom stereocenters. The molecule has 2 aromatic carbocycles. The van der Waals surface area contributed by atoms with Crippen molar-refractivity contribution in [3.05, 3.63) is 70.5 Å². The number of amides is 2. The second kappa shape index (κ2) is 8.64. The van der Waals surface area contributed by atoms with E-state index in [2.05, 4.69) is 21.7 Å². The Kier molecular flexibility index (Phi) is 5.82. The third-order valence-electron chi connectivity index (χ3n) is 4.07. The summed E-state index contributed by atoms with van der Waals surface area (Å²) < 4.78 is 1.60. The molecule has 1 heterocycles. The third-order valence-corrected chi connectivity index (χ3v) is 4.07. The van der Waals surface area contributed by atoms with Crippen LogP contribution in [0.15, 0.2) is 59.5 Å². The van der Waals surface area contributed by atoms with Gasteiger partial charge in [0.25, 0.3) is 0 Å². The van der Waals surface area contributed by atoms with Crippen molar-refractivity contribution in [2.45, 2.75) is 13.0 Å². The molecule has 0 aliphatic carbocycles.